The average molecular weight is 306 g/mol. The van der Waals surface area contributed by atoms with Crippen LogP contribution in [0.15, 0.2) is 15.4 Å². The Labute approximate surface area is 116 Å². The molecule has 1 aliphatic carbocycles. The normalized spacial score (nSPS) is 21.2. The largest absolute Gasteiger partial charge is 0.455 e. The van der Waals surface area contributed by atoms with Crippen LogP contribution < -0.4 is 5.32 Å². The summed E-state index contributed by atoms with van der Waals surface area (Å²) in [4.78, 5) is 11.7. The van der Waals surface area contributed by atoms with E-state index in [0.717, 1.165) is 12.5 Å². The molecule has 1 unspecified atom stereocenters. The summed E-state index contributed by atoms with van der Waals surface area (Å²) < 4.78 is 27.6. The highest BCUT2D eigenvalue weighted by Crippen LogP contribution is 2.50. The number of furan rings is 1. The highest BCUT2D eigenvalue weighted by Gasteiger charge is 2.45. The Kier molecular flexibility index (Phi) is 3.43. The molecule has 0 radical (unpaired) electrons. The Morgan fingerprint density at radius 2 is 2.16 bits per heavy atom. The van der Waals surface area contributed by atoms with Gasteiger partial charge in [0.15, 0.2) is 5.76 Å². The standard InChI is InChI=1S/C12H16ClNO4S/c1-7-10(19(13,16)17)4-9(18-7)11(15)14-6-8-5-12(8,2)3/h4,8H,5-6H2,1-3H3,(H,14,15). The van der Waals surface area contributed by atoms with Crippen LogP contribution in [0.4, 0.5) is 0 Å². The summed E-state index contributed by atoms with van der Waals surface area (Å²) in [5, 5.41) is 2.74. The van der Waals surface area contributed by atoms with E-state index in [-0.39, 0.29) is 21.8 Å². The van der Waals surface area contributed by atoms with Gasteiger partial charge >= 0.3 is 0 Å². The summed E-state index contributed by atoms with van der Waals surface area (Å²) >= 11 is 0. The van der Waals surface area contributed by atoms with Gasteiger partial charge in [-0.25, -0.2) is 8.42 Å². The van der Waals surface area contributed by atoms with Crippen LogP contribution in [0.5, 0.6) is 0 Å². The Balaban J connectivity index is 2.04. The molecular formula is C12H16ClNO4S. The number of carbonyl (C=O) groups excluding carboxylic acids is 1. The molecule has 1 atom stereocenters. The van der Waals surface area contributed by atoms with Crippen molar-refractivity contribution >= 4 is 25.6 Å². The minimum atomic E-state index is -3.89. The molecule has 1 amide bonds. The lowest BCUT2D eigenvalue weighted by Crippen LogP contribution is -2.26. The van der Waals surface area contributed by atoms with Crippen molar-refractivity contribution in [1.29, 1.82) is 0 Å². The topological polar surface area (TPSA) is 76.4 Å². The maximum atomic E-state index is 11.8. The fourth-order valence-corrected chi connectivity index (χ4v) is 3.14. The first-order valence-electron chi connectivity index (χ1n) is 5.94. The van der Waals surface area contributed by atoms with Gasteiger partial charge in [-0.15, -0.1) is 0 Å². The maximum absolute atomic E-state index is 11.8. The van der Waals surface area contributed by atoms with Crippen LogP contribution >= 0.6 is 10.7 Å². The van der Waals surface area contributed by atoms with Crippen LogP contribution in [0, 0.1) is 18.3 Å². The Morgan fingerprint density at radius 3 is 2.58 bits per heavy atom. The first-order valence-corrected chi connectivity index (χ1v) is 8.25. The average Bonchev–Trinajstić information content (AvgIpc) is 2.69. The van der Waals surface area contributed by atoms with E-state index in [4.69, 9.17) is 15.1 Å². The molecule has 1 aromatic rings. The van der Waals surface area contributed by atoms with Crippen molar-refractivity contribution in [2.75, 3.05) is 6.54 Å². The van der Waals surface area contributed by atoms with Gasteiger partial charge < -0.3 is 9.73 Å². The molecular weight excluding hydrogens is 290 g/mol. The van der Waals surface area contributed by atoms with Crippen molar-refractivity contribution in [3.8, 4) is 0 Å². The number of rotatable bonds is 4. The molecule has 1 fully saturated rings. The van der Waals surface area contributed by atoms with Gasteiger partial charge in [-0.1, -0.05) is 13.8 Å². The van der Waals surface area contributed by atoms with E-state index in [1.54, 1.807) is 0 Å². The molecule has 2 rings (SSSR count). The summed E-state index contributed by atoms with van der Waals surface area (Å²) in [5.74, 6) is 0.128. The van der Waals surface area contributed by atoms with Gasteiger partial charge in [0.1, 0.15) is 10.7 Å². The molecule has 106 valence electrons. The number of carbonyl (C=O) groups is 1. The van der Waals surface area contributed by atoms with Crippen LogP contribution in [-0.4, -0.2) is 20.9 Å². The molecule has 1 N–H and O–H groups in total. The number of aryl methyl sites for hydroxylation is 1. The zero-order chi connectivity index (χ0) is 14.4. The minimum Gasteiger partial charge on any atom is -0.455 e. The second-order valence-corrected chi connectivity index (χ2v) is 8.10. The van der Waals surface area contributed by atoms with Crippen molar-refractivity contribution in [1.82, 2.24) is 5.32 Å². The van der Waals surface area contributed by atoms with Gasteiger partial charge in [0.05, 0.1) is 0 Å². The molecule has 0 spiro atoms. The molecule has 1 saturated carbocycles. The van der Waals surface area contributed by atoms with Crippen LogP contribution in [0.25, 0.3) is 0 Å². The van der Waals surface area contributed by atoms with E-state index in [0.29, 0.717) is 12.5 Å². The van der Waals surface area contributed by atoms with Crippen LogP contribution in [0.2, 0.25) is 0 Å². The number of amides is 1. The molecule has 0 saturated heterocycles. The van der Waals surface area contributed by atoms with Gasteiger partial charge in [0.25, 0.3) is 15.0 Å². The molecule has 0 aliphatic heterocycles. The van der Waals surface area contributed by atoms with E-state index < -0.39 is 15.0 Å². The number of halogens is 1. The molecule has 7 heteroatoms. The molecule has 0 aromatic carbocycles. The third-order valence-corrected chi connectivity index (χ3v) is 5.01. The fraction of sp³-hybridized carbons (Fsp3) is 0.583. The van der Waals surface area contributed by atoms with E-state index >= 15 is 0 Å². The fourth-order valence-electron chi connectivity index (χ4n) is 2.05. The third kappa shape index (κ3) is 3.12. The molecule has 5 nitrogen and oxygen atoms in total. The molecule has 19 heavy (non-hydrogen) atoms. The van der Waals surface area contributed by atoms with Gasteiger partial charge in [0.2, 0.25) is 0 Å². The number of hydrogen-bond donors (Lipinski definition) is 1. The monoisotopic (exact) mass is 305 g/mol. The summed E-state index contributed by atoms with van der Waals surface area (Å²) in [6.45, 7) is 6.29. The molecule has 1 aliphatic rings. The summed E-state index contributed by atoms with van der Waals surface area (Å²) in [6.07, 6.45) is 1.08. The predicted octanol–water partition coefficient (Wildman–Crippen LogP) is 2.29. The van der Waals surface area contributed by atoms with Crippen LogP contribution in [0.1, 0.15) is 36.6 Å². The van der Waals surface area contributed by atoms with E-state index in [9.17, 15) is 13.2 Å². The molecule has 1 aromatic heterocycles. The van der Waals surface area contributed by atoms with E-state index in [1.165, 1.54) is 6.92 Å². The third-order valence-electron chi connectivity index (χ3n) is 3.59. The van der Waals surface area contributed by atoms with Gasteiger partial charge in [-0.2, -0.15) is 0 Å². The predicted molar refractivity (Wildman–Crippen MR) is 70.7 cm³/mol. The molecule has 1 heterocycles. The lowest BCUT2D eigenvalue weighted by molar-refractivity contribution is 0.0921. The smallest absolute Gasteiger partial charge is 0.287 e. The zero-order valence-electron chi connectivity index (χ0n) is 11.0. The van der Waals surface area contributed by atoms with Crippen LogP contribution in [-0.2, 0) is 9.05 Å². The first-order chi connectivity index (χ1) is 8.61. The zero-order valence-corrected chi connectivity index (χ0v) is 12.6. The quantitative estimate of drug-likeness (QED) is 0.866. The van der Waals surface area contributed by atoms with Crippen molar-refractivity contribution in [2.45, 2.75) is 32.1 Å². The lowest BCUT2D eigenvalue weighted by Gasteiger charge is -2.04. The Hall–Kier alpha value is -1.01. The van der Waals surface area contributed by atoms with E-state index in [2.05, 4.69) is 19.2 Å². The lowest BCUT2D eigenvalue weighted by atomic mass is 10.1. The first kappa shape index (κ1) is 14.4. The van der Waals surface area contributed by atoms with Crippen molar-refractivity contribution in [2.24, 2.45) is 11.3 Å². The Bertz CT molecular complexity index is 618. The Morgan fingerprint density at radius 1 is 1.58 bits per heavy atom. The SMILES string of the molecule is Cc1oc(C(=O)NCC2CC2(C)C)cc1S(=O)(=O)Cl. The second kappa shape index (κ2) is 4.52. The summed E-state index contributed by atoms with van der Waals surface area (Å²) in [7, 11) is 1.35. The molecule has 0 bridgehead atoms. The van der Waals surface area contributed by atoms with Crippen molar-refractivity contribution in [3.63, 3.8) is 0 Å². The minimum absolute atomic E-state index is 0.0322. The van der Waals surface area contributed by atoms with Crippen LogP contribution in [0.3, 0.4) is 0 Å². The highest BCUT2D eigenvalue weighted by atomic mass is 35.7. The van der Waals surface area contributed by atoms with Crippen molar-refractivity contribution < 1.29 is 17.6 Å². The summed E-state index contributed by atoms with van der Waals surface area (Å²) in [5.41, 5.74) is 0.275. The van der Waals surface area contributed by atoms with E-state index in [1.807, 2.05) is 0 Å². The van der Waals surface area contributed by atoms with Gasteiger partial charge in [0, 0.05) is 23.3 Å². The van der Waals surface area contributed by atoms with Gasteiger partial charge in [-0.05, 0) is 24.7 Å². The van der Waals surface area contributed by atoms with Gasteiger partial charge in [-0.3, -0.25) is 4.79 Å². The second-order valence-electron chi connectivity index (χ2n) is 5.57. The van der Waals surface area contributed by atoms with Crippen molar-refractivity contribution in [3.05, 3.63) is 17.6 Å². The maximum Gasteiger partial charge on any atom is 0.287 e. The number of hydrogen-bond acceptors (Lipinski definition) is 4. The number of nitrogens with one attached hydrogen (secondary N) is 1. The summed E-state index contributed by atoms with van der Waals surface area (Å²) in [6, 6.07) is 1.16. The highest BCUT2D eigenvalue weighted by molar-refractivity contribution is 8.13.